The quantitative estimate of drug-likeness (QED) is 0.477. The molecule has 0 aromatic carbocycles. The molecule has 0 saturated carbocycles. The Morgan fingerprint density at radius 3 is 1.25 bits per heavy atom. The van der Waals surface area contributed by atoms with E-state index in [1.54, 1.807) is 26.4 Å². The van der Waals surface area contributed by atoms with Gasteiger partial charge in [0.25, 0.3) is 0 Å². The number of allylic oxidation sites excluding steroid dienone is 2. The molecule has 70 valence electrons. The molecule has 0 aromatic rings. The third-order valence-corrected chi connectivity index (χ3v) is 1.05. The van der Waals surface area contributed by atoms with Gasteiger partial charge in [-0.25, -0.2) is 0 Å². The molecule has 0 unspecified atom stereocenters. The molecule has 0 N–H and O–H groups in total. The lowest BCUT2D eigenvalue weighted by molar-refractivity contribution is 0.242. The van der Waals surface area contributed by atoms with Crippen LogP contribution in [0.5, 0.6) is 0 Å². The molecule has 2 heteroatoms. The van der Waals surface area contributed by atoms with E-state index in [1.807, 2.05) is 13.8 Å². The van der Waals surface area contributed by atoms with Gasteiger partial charge >= 0.3 is 0 Å². The van der Waals surface area contributed by atoms with Crippen molar-refractivity contribution in [1.82, 2.24) is 0 Å². The van der Waals surface area contributed by atoms with Crippen LogP contribution >= 0.6 is 0 Å². The van der Waals surface area contributed by atoms with E-state index < -0.39 is 0 Å². The number of methoxy groups -OCH3 is 2. The van der Waals surface area contributed by atoms with E-state index in [4.69, 9.17) is 9.47 Å². The molecule has 0 radical (unpaired) electrons. The summed E-state index contributed by atoms with van der Waals surface area (Å²) < 4.78 is 9.82. The summed E-state index contributed by atoms with van der Waals surface area (Å²) in [5.41, 5.74) is 0. The molecule has 0 atom stereocenters. The molecule has 2 nitrogen and oxygen atoms in total. The van der Waals surface area contributed by atoms with Crippen LogP contribution in [0.4, 0.5) is 0 Å². The Labute approximate surface area is 75.2 Å². The Morgan fingerprint density at radius 1 is 0.917 bits per heavy atom. The number of rotatable bonds is 4. The van der Waals surface area contributed by atoms with Crippen LogP contribution in [0.3, 0.4) is 0 Å². The zero-order chi connectivity index (χ0) is 9.98. The molecule has 0 aromatic heterocycles. The highest BCUT2D eigenvalue weighted by molar-refractivity contribution is 5.21. The smallest absolute Gasteiger partial charge is 0.160 e. The van der Waals surface area contributed by atoms with Gasteiger partial charge in [-0.3, -0.25) is 0 Å². The first-order valence-corrected chi connectivity index (χ1v) is 3.87. The molecule has 0 aliphatic heterocycles. The second kappa shape index (κ2) is 9.82. The summed E-state index contributed by atoms with van der Waals surface area (Å²) in [5.74, 6) is 1.19. The molecular formula is C10H18O2. The van der Waals surface area contributed by atoms with Crippen molar-refractivity contribution in [3.8, 4) is 0 Å². The number of hydrogen-bond acceptors (Lipinski definition) is 2. The highest BCUT2D eigenvalue weighted by Gasteiger charge is 1.97. The lowest BCUT2D eigenvalue weighted by atomic mass is 10.4. The standard InChI is InChI=1S/C8H12O2.C2H6/c1-5-7(9-3)8(6-2)10-4;1-2/h5-6H,1-2H2,3-4H3;1-2H3/b8-7-;. The molecule has 0 saturated heterocycles. The first-order chi connectivity index (χ1) is 5.79. The average molecular weight is 170 g/mol. The maximum Gasteiger partial charge on any atom is 0.160 e. The van der Waals surface area contributed by atoms with Crippen LogP contribution in [0.1, 0.15) is 13.8 Å². The first kappa shape index (κ1) is 13.4. The van der Waals surface area contributed by atoms with Gasteiger partial charge in [0.2, 0.25) is 0 Å². The third kappa shape index (κ3) is 4.61. The second-order valence-corrected chi connectivity index (χ2v) is 1.54. The summed E-state index contributed by atoms with van der Waals surface area (Å²) in [5, 5.41) is 0. The molecule has 0 rings (SSSR count). The van der Waals surface area contributed by atoms with Gasteiger partial charge in [0, 0.05) is 0 Å². The van der Waals surface area contributed by atoms with Crippen molar-refractivity contribution in [3.63, 3.8) is 0 Å². The predicted octanol–water partition coefficient (Wildman–Crippen LogP) is 2.89. The topological polar surface area (TPSA) is 18.5 Å². The van der Waals surface area contributed by atoms with Crippen LogP contribution in [0.25, 0.3) is 0 Å². The van der Waals surface area contributed by atoms with E-state index in [-0.39, 0.29) is 0 Å². The van der Waals surface area contributed by atoms with Crippen molar-refractivity contribution in [1.29, 1.82) is 0 Å². The number of ether oxygens (including phenoxy) is 2. The molecule has 0 fully saturated rings. The zero-order valence-electron chi connectivity index (χ0n) is 8.39. The fraction of sp³-hybridized carbons (Fsp3) is 0.400. The summed E-state index contributed by atoms with van der Waals surface area (Å²) in [4.78, 5) is 0. The maximum absolute atomic E-state index is 4.91. The van der Waals surface area contributed by atoms with Gasteiger partial charge in [0.05, 0.1) is 14.2 Å². The van der Waals surface area contributed by atoms with E-state index >= 15 is 0 Å². The normalized spacial score (nSPS) is 10.0. The number of hydrogen-bond donors (Lipinski definition) is 0. The lowest BCUT2D eigenvalue weighted by Gasteiger charge is -2.04. The van der Waals surface area contributed by atoms with Crippen molar-refractivity contribution in [2.45, 2.75) is 13.8 Å². The minimum absolute atomic E-state index is 0.595. The minimum atomic E-state index is 0.595. The molecule has 0 spiro atoms. The summed E-state index contributed by atoms with van der Waals surface area (Å²) in [6.45, 7) is 11.1. The average Bonchev–Trinajstić information content (AvgIpc) is 2.17. The Bertz CT molecular complexity index is 139. The Balaban J connectivity index is 0. The van der Waals surface area contributed by atoms with Gasteiger partial charge in [0.1, 0.15) is 0 Å². The van der Waals surface area contributed by atoms with E-state index in [0.717, 1.165) is 0 Å². The van der Waals surface area contributed by atoms with Gasteiger partial charge in [-0.1, -0.05) is 27.0 Å². The van der Waals surface area contributed by atoms with Crippen molar-refractivity contribution in [2.24, 2.45) is 0 Å². The van der Waals surface area contributed by atoms with Gasteiger partial charge in [-0.05, 0) is 12.2 Å². The zero-order valence-corrected chi connectivity index (χ0v) is 8.39. The van der Waals surface area contributed by atoms with Crippen LogP contribution in [-0.2, 0) is 9.47 Å². The van der Waals surface area contributed by atoms with Crippen molar-refractivity contribution in [3.05, 3.63) is 36.8 Å². The summed E-state index contributed by atoms with van der Waals surface area (Å²) in [6, 6.07) is 0. The Kier molecular flexibility index (Phi) is 11.0. The molecule has 0 amide bonds. The van der Waals surface area contributed by atoms with Crippen molar-refractivity contribution < 1.29 is 9.47 Å². The molecule has 0 aliphatic rings. The van der Waals surface area contributed by atoms with Crippen LogP contribution in [0.15, 0.2) is 36.8 Å². The third-order valence-electron chi connectivity index (χ3n) is 1.05. The van der Waals surface area contributed by atoms with Crippen LogP contribution < -0.4 is 0 Å². The van der Waals surface area contributed by atoms with Gasteiger partial charge in [-0.15, -0.1) is 0 Å². The Hall–Kier alpha value is -1.18. The largest absolute Gasteiger partial charge is 0.493 e. The fourth-order valence-corrected chi connectivity index (χ4v) is 0.569. The molecule has 0 heterocycles. The van der Waals surface area contributed by atoms with E-state index in [0.29, 0.717) is 11.5 Å². The van der Waals surface area contributed by atoms with Crippen LogP contribution in [-0.4, -0.2) is 14.2 Å². The summed E-state index contributed by atoms with van der Waals surface area (Å²) in [6.07, 6.45) is 3.14. The van der Waals surface area contributed by atoms with Gasteiger partial charge < -0.3 is 9.47 Å². The van der Waals surface area contributed by atoms with Gasteiger partial charge in [-0.2, -0.15) is 0 Å². The fourth-order valence-electron chi connectivity index (χ4n) is 0.569. The predicted molar refractivity (Wildman–Crippen MR) is 52.8 cm³/mol. The van der Waals surface area contributed by atoms with Crippen molar-refractivity contribution >= 4 is 0 Å². The summed E-state index contributed by atoms with van der Waals surface area (Å²) >= 11 is 0. The maximum atomic E-state index is 4.91. The minimum Gasteiger partial charge on any atom is -0.493 e. The van der Waals surface area contributed by atoms with E-state index in [2.05, 4.69) is 13.2 Å². The monoisotopic (exact) mass is 170 g/mol. The molecule has 0 bridgehead atoms. The lowest BCUT2D eigenvalue weighted by Crippen LogP contribution is -1.90. The molecular weight excluding hydrogens is 152 g/mol. The van der Waals surface area contributed by atoms with E-state index in [9.17, 15) is 0 Å². The van der Waals surface area contributed by atoms with E-state index in [1.165, 1.54) is 0 Å². The molecule has 12 heavy (non-hydrogen) atoms. The second-order valence-electron chi connectivity index (χ2n) is 1.54. The highest BCUT2D eigenvalue weighted by atomic mass is 16.5. The first-order valence-electron chi connectivity index (χ1n) is 3.87. The SMILES string of the molecule is C=C/C(OC)=C(\C=C)OC.CC. The van der Waals surface area contributed by atoms with Gasteiger partial charge in [0.15, 0.2) is 11.5 Å². The highest BCUT2D eigenvalue weighted by Crippen LogP contribution is 2.07. The van der Waals surface area contributed by atoms with Crippen LogP contribution in [0.2, 0.25) is 0 Å². The molecule has 0 aliphatic carbocycles. The van der Waals surface area contributed by atoms with Crippen molar-refractivity contribution in [2.75, 3.05) is 14.2 Å². The Morgan fingerprint density at radius 2 is 1.17 bits per heavy atom. The van der Waals surface area contributed by atoms with Crippen LogP contribution in [0, 0.1) is 0 Å². The summed E-state index contributed by atoms with van der Waals surface area (Å²) in [7, 11) is 3.11.